The fourth-order valence-corrected chi connectivity index (χ4v) is 5.87. The molecule has 5 nitrogen and oxygen atoms in total. The minimum atomic E-state index is -3.52. The lowest BCUT2D eigenvalue weighted by Crippen LogP contribution is -2.35. The SMILES string of the molecule is CCc1sc(C(=O)Nc2cc(S(=O)(=O)N3CCCCC3)ccc2C)cc1C. The second-order valence-corrected chi connectivity index (χ2v) is 10.0. The fourth-order valence-electron chi connectivity index (χ4n) is 3.32. The summed E-state index contributed by atoms with van der Waals surface area (Å²) in [4.78, 5) is 14.7. The third kappa shape index (κ3) is 4.25. The summed E-state index contributed by atoms with van der Waals surface area (Å²) in [7, 11) is -3.52. The highest BCUT2D eigenvalue weighted by molar-refractivity contribution is 7.89. The van der Waals surface area contributed by atoms with E-state index in [-0.39, 0.29) is 10.8 Å². The summed E-state index contributed by atoms with van der Waals surface area (Å²) in [6, 6.07) is 6.85. The molecule has 3 rings (SSSR count). The number of hydrogen-bond acceptors (Lipinski definition) is 4. The zero-order valence-corrected chi connectivity index (χ0v) is 17.7. The van der Waals surface area contributed by atoms with Crippen LogP contribution >= 0.6 is 11.3 Å². The van der Waals surface area contributed by atoms with Crippen molar-refractivity contribution in [3.05, 3.63) is 45.1 Å². The molecular formula is C20H26N2O3S2. The molecule has 0 radical (unpaired) electrons. The van der Waals surface area contributed by atoms with Crippen LogP contribution in [0.5, 0.6) is 0 Å². The molecule has 0 unspecified atom stereocenters. The zero-order valence-electron chi connectivity index (χ0n) is 16.0. The Labute approximate surface area is 165 Å². The number of sulfonamides is 1. The van der Waals surface area contributed by atoms with Gasteiger partial charge in [0.25, 0.3) is 5.91 Å². The molecule has 1 amide bonds. The van der Waals surface area contributed by atoms with Crippen LogP contribution in [0.2, 0.25) is 0 Å². The maximum Gasteiger partial charge on any atom is 0.265 e. The lowest BCUT2D eigenvalue weighted by Gasteiger charge is -2.26. The van der Waals surface area contributed by atoms with Crippen LogP contribution in [0.3, 0.4) is 0 Å². The lowest BCUT2D eigenvalue weighted by molar-refractivity contribution is 0.103. The number of carbonyl (C=O) groups excluding carboxylic acids is 1. The van der Waals surface area contributed by atoms with E-state index in [4.69, 9.17) is 0 Å². The monoisotopic (exact) mass is 406 g/mol. The molecule has 1 fully saturated rings. The number of amides is 1. The van der Waals surface area contributed by atoms with E-state index < -0.39 is 10.0 Å². The van der Waals surface area contributed by atoms with Gasteiger partial charge in [0.05, 0.1) is 9.77 Å². The van der Waals surface area contributed by atoms with Crippen molar-refractivity contribution in [3.63, 3.8) is 0 Å². The third-order valence-corrected chi connectivity index (χ3v) is 8.25. The molecule has 7 heteroatoms. The van der Waals surface area contributed by atoms with Gasteiger partial charge in [0.1, 0.15) is 0 Å². The molecule has 0 saturated carbocycles. The van der Waals surface area contributed by atoms with E-state index >= 15 is 0 Å². The number of aryl methyl sites for hydroxylation is 3. The number of rotatable bonds is 5. The van der Waals surface area contributed by atoms with Crippen LogP contribution in [0.15, 0.2) is 29.2 Å². The Balaban J connectivity index is 1.85. The average Bonchev–Trinajstić information content (AvgIpc) is 3.05. The number of nitrogens with zero attached hydrogens (tertiary/aromatic N) is 1. The van der Waals surface area contributed by atoms with Crippen molar-refractivity contribution >= 4 is 33.0 Å². The molecule has 1 aliphatic heterocycles. The third-order valence-electron chi connectivity index (χ3n) is 4.98. The van der Waals surface area contributed by atoms with Gasteiger partial charge in [-0.3, -0.25) is 4.79 Å². The smallest absolute Gasteiger partial charge is 0.265 e. The van der Waals surface area contributed by atoms with Crippen LogP contribution < -0.4 is 5.32 Å². The molecule has 27 heavy (non-hydrogen) atoms. The quantitative estimate of drug-likeness (QED) is 0.802. The molecule has 0 bridgehead atoms. The van der Waals surface area contributed by atoms with Gasteiger partial charge in [0, 0.05) is 23.7 Å². The van der Waals surface area contributed by atoms with Gasteiger partial charge in [-0.2, -0.15) is 4.31 Å². The van der Waals surface area contributed by atoms with Gasteiger partial charge in [-0.25, -0.2) is 8.42 Å². The van der Waals surface area contributed by atoms with Gasteiger partial charge in [-0.15, -0.1) is 11.3 Å². The first-order chi connectivity index (χ1) is 12.8. The summed E-state index contributed by atoms with van der Waals surface area (Å²) in [5, 5.41) is 2.90. The summed E-state index contributed by atoms with van der Waals surface area (Å²) < 4.78 is 27.4. The van der Waals surface area contributed by atoms with E-state index in [1.807, 2.05) is 19.9 Å². The first kappa shape index (κ1) is 20.0. The van der Waals surface area contributed by atoms with Crippen LogP contribution in [0.4, 0.5) is 5.69 Å². The summed E-state index contributed by atoms with van der Waals surface area (Å²) in [6.07, 6.45) is 3.76. The van der Waals surface area contributed by atoms with Crippen molar-refractivity contribution in [2.24, 2.45) is 0 Å². The number of carbonyl (C=O) groups is 1. The molecule has 1 aromatic carbocycles. The Bertz CT molecular complexity index is 942. The molecule has 1 aromatic heterocycles. The predicted octanol–water partition coefficient (Wildman–Crippen LogP) is 4.35. The topological polar surface area (TPSA) is 66.5 Å². The van der Waals surface area contributed by atoms with Gasteiger partial charge >= 0.3 is 0 Å². The van der Waals surface area contributed by atoms with E-state index in [0.717, 1.165) is 36.8 Å². The molecule has 146 valence electrons. The molecule has 0 atom stereocenters. The van der Waals surface area contributed by atoms with Crippen molar-refractivity contribution in [1.29, 1.82) is 0 Å². The second-order valence-electron chi connectivity index (χ2n) is 6.97. The number of anilines is 1. The van der Waals surface area contributed by atoms with E-state index in [2.05, 4.69) is 12.2 Å². The molecule has 0 spiro atoms. The Morgan fingerprint density at radius 3 is 2.44 bits per heavy atom. The van der Waals surface area contributed by atoms with Crippen molar-refractivity contribution in [1.82, 2.24) is 4.31 Å². The highest BCUT2D eigenvalue weighted by atomic mass is 32.2. The van der Waals surface area contributed by atoms with Crippen molar-refractivity contribution in [2.75, 3.05) is 18.4 Å². The predicted molar refractivity (Wildman–Crippen MR) is 110 cm³/mol. The Hall–Kier alpha value is -1.70. The summed E-state index contributed by atoms with van der Waals surface area (Å²) >= 11 is 1.49. The van der Waals surface area contributed by atoms with Gasteiger partial charge in [0.2, 0.25) is 10.0 Å². The lowest BCUT2D eigenvalue weighted by atomic mass is 10.2. The molecule has 1 N–H and O–H groups in total. The van der Waals surface area contributed by atoms with E-state index in [0.29, 0.717) is 23.7 Å². The average molecular weight is 407 g/mol. The van der Waals surface area contributed by atoms with Crippen molar-refractivity contribution in [2.45, 2.75) is 51.3 Å². The number of hydrogen-bond donors (Lipinski definition) is 1. The van der Waals surface area contributed by atoms with Gasteiger partial charge in [0.15, 0.2) is 0 Å². The molecule has 0 aliphatic carbocycles. The minimum Gasteiger partial charge on any atom is -0.321 e. The number of nitrogens with one attached hydrogen (secondary N) is 1. The standard InChI is InChI=1S/C20H26N2O3S2/c1-4-18-15(3)12-19(26-18)20(23)21-17-13-16(9-8-14(17)2)27(24,25)22-10-6-5-7-11-22/h8-9,12-13H,4-7,10-11H2,1-3H3,(H,21,23). The van der Waals surface area contributed by atoms with Crippen molar-refractivity contribution < 1.29 is 13.2 Å². The largest absolute Gasteiger partial charge is 0.321 e. The van der Waals surface area contributed by atoms with E-state index in [1.165, 1.54) is 16.2 Å². The molecule has 2 heterocycles. The summed E-state index contributed by atoms with van der Waals surface area (Å²) in [6.45, 7) is 7.06. The number of benzene rings is 1. The van der Waals surface area contributed by atoms with Crippen molar-refractivity contribution in [3.8, 4) is 0 Å². The Morgan fingerprint density at radius 1 is 1.11 bits per heavy atom. The van der Waals surface area contributed by atoms with Crippen LogP contribution in [0, 0.1) is 13.8 Å². The highest BCUT2D eigenvalue weighted by Crippen LogP contribution is 2.27. The zero-order chi connectivity index (χ0) is 19.6. The second kappa shape index (κ2) is 8.12. The molecule has 1 aliphatic rings. The summed E-state index contributed by atoms with van der Waals surface area (Å²) in [5.74, 6) is -0.196. The maximum absolute atomic E-state index is 12.9. The maximum atomic E-state index is 12.9. The number of piperidine rings is 1. The minimum absolute atomic E-state index is 0.196. The van der Waals surface area contributed by atoms with Gasteiger partial charge in [-0.05, 0) is 62.4 Å². The fraction of sp³-hybridized carbons (Fsp3) is 0.450. The molecule has 2 aromatic rings. The Morgan fingerprint density at radius 2 is 1.81 bits per heavy atom. The first-order valence-electron chi connectivity index (χ1n) is 9.34. The van der Waals surface area contributed by atoms with Crippen LogP contribution in [-0.4, -0.2) is 31.7 Å². The van der Waals surface area contributed by atoms with E-state index in [1.54, 1.807) is 22.5 Å². The molecular weight excluding hydrogens is 380 g/mol. The van der Waals surface area contributed by atoms with Crippen LogP contribution in [0.1, 0.15) is 51.9 Å². The summed E-state index contributed by atoms with van der Waals surface area (Å²) in [5.41, 5.74) is 2.50. The first-order valence-corrected chi connectivity index (χ1v) is 11.6. The van der Waals surface area contributed by atoms with Gasteiger partial charge < -0.3 is 5.32 Å². The highest BCUT2D eigenvalue weighted by Gasteiger charge is 2.26. The Kier molecular flexibility index (Phi) is 6.03. The van der Waals surface area contributed by atoms with Gasteiger partial charge in [-0.1, -0.05) is 19.4 Å². The molecule has 1 saturated heterocycles. The normalized spacial score (nSPS) is 15.7. The van der Waals surface area contributed by atoms with Crippen LogP contribution in [-0.2, 0) is 16.4 Å². The number of thiophene rings is 1. The van der Waals surface area contributed by atoms with E-state index in [9.17, 15) is 13.2 Å². The van der Waals surface area contributed by atoms with Crippen LogP contribution in [0.25, 0.3) is 0 Å².